The first kappa shape index (κ1) is 42.0. The van der Waals surface area contributed by atoms with E-state index in [1.54, 1.807) is 5.57 Å². The lowest BCUT2D eigenvalue weighted by Gasteiger charge is -2.44. The fourth-order valence-electron chi connectivity index (χ4n) is 9.70. The minimum Gasteiger partial charge on any atom is -0.457 e. The van der Waals surface area contributed by atoms with Crippen LogP contribution in [0.2, 0.25) is 0 Å². The van der Waals surface area contributed by atoms with Crippen molar-refractivity contribution in [2.45, 2.75) is 219 Å². The normalized spacial score (nSPS) is 28.3. The number of carbonyl (C=O) groups excluding carboxylic acids is 1. The summed E-state index contributed by atoms with van der Waals surface area (Å²) in [6.45, 7) is 15.5. The van der Waals surface area contributed by atoms with Gasteiger partial charge in [-0.15, -0.1) is 0 Å². The molecule has 3 aliphatic rings. The quantitative estimate of drug-likeness (QED) is 0.0831. The Balaban J connectivity index is 1.37. The van der Waals surface area contributed by atoms with Crippen molar-refractivity contribution in [3.05, 3.63) is 35.5 Å². The molecule has 0 spiro atoms. The van der Waals surface area contributed by atoms with Gasteiger partial charge in [0.1, 0.15) is 6.10 Å². The lowest BCUT2D eigenvalue weighted by atomic mass is 9.60. The van der Waals surface area contributed by atoms with Crippen LogP contribution in [0.3, 0.4) is 0 Å². The van der Waals surface area contributed by atoms with Gasteiger partial charge in [0.25, 0.3) is 0 Å². The maximum absolute atomic E-state index is 12.8. The first-order chi connectivity index (χ1) is 23.4. The van der Waals surface area contributed by atoms with Crippen molar-refractivity contribution in [1.82, 2.24) is 0 Å². The molecule has 3 aliphatic carbocycles. The van der Waals surface area contributed by atoms with E-state index in [9.17, 15) is 15.0 Å². The maximum atomic E-state index is 12.8. The molecule has 3 saturated carbocycles. The first-order valence-corrected chi connectivity index (χ1v) is 21.1. The van der Waals surface area contributed by atoms with Crippen molar-refractivity contribution in [2.75, 3.05) is 0 Å². The third-order valence-electron chi connectivity index (χ3n) is 12.7. The maximum Gasteiger partial charge on any atom is 0.306 e. The van der Waals surface area contributed by atoms with E-state index >= 15 is 0 Å². The van der Waals surface area contributed by atoms with Crippen LogP contribution in [-0.2, 0) is 9.53 Å². The number of esters is 1. The zero-order valence-corrected chi connectivity index (χ0v) is 32.8. The number of fused-ring (bicyclic) bond motifs is 1. The van der Waals surface area contributed by atoms with Crippen LogP contribution >= 0.6 is 0 Å². The minimum atomic E-state index is -0.574. The van der Waals surface area contributed by atoms with Crippen LogP contribution < -0.4 is 0 Å². The van der Waals surface area contributed by atoms with Gasteiger partial charge in [-0.3, -0.25) is 4.79 Å². The molecule has 6 atom stereocenters. The summed E-state index contributed by atoms with van der Waals surface area (Å²) in [5.74, 6) is 1.87. The molecule has 4 heteroatoms. The number of allylic oxidation sites excluding steroid dienone is 3. The smallest absolute Gasteiger partial charge is 0.306 e. The Morgan fingerprint density at radius 3 is 2.12 bits per heavy atom. The molecular weight excluding hydrogens is 604 g/mol. The molecular formula is C45H78O4. The second-order valence-electron chi connectivity index (χ2n) is 17.5. The third kappa shape index (κ3) is 14.6. The highest BCUT2D eigenvalue weighted by molar-refractivity contribution is 5.70. The lowest BCUT2D eigenvalue weighted by molar-refractivity contribution is -0.149. The van der Waals surface area contributed by atoms with Gasteiger partial charge in [-0.2, -0.15) is 0 Å². The standard InChI is InChI=1S/C45H78O4/c1-7-8-9-10-11-12-13-14-15-16-17-18-19-20-21-26-43(47)49-42-34-39(46)33-38(36(42)3)28-27-37-25-23-32-45(6)40(29-30-41(37)45)35(2)24-22-31-44(4,5)48/h27-28,35,39-42,46,48H,3,7-26,29-34H2,1-2,4-6H3/b37-27+,38-28-/t35-,39+,40?,41?,42-,45?/m0/s1. The van der Waals surface area contributed by atoms with E-state index in [1.165, 1.54) is 116 Å². The average Bonchev–Trinajstić information content (AvgIpc) is 3.40. The highest BCUT2D eigenvalue weighted by Crippen LogP contribution is 2.60. The van der Waals surface area contributed by atoms with Gasteiger partial charge in [0.2, 0.25) is 0 Å². The van der Waals surface area contributed by atoms with E-state index in [0.29, 0.717) is 36.5 Å². The van der Waals surface area contributed by atoms with Crippen molar-refractivity contribution in [2.24, 2.45) is 23.2 Å². The third-order valence-corrected chi connectivity index (χ3v) is 12.7. The second-order valence-corrected chi connectivity index (χ2v) is 17.5. The van der Waals surface area contributed by atoms with Gasteiger partial charge < -0.3 is 14.9 Å². The summed E-state index contributed by atoms with van der Waals surface area (Å²) in [6, 6.07) is 0. The Labute approximate surface area is 303 Å². The van der Waals surface area contributed by atoms with Crippen molar-refractivity contribution >= 4 is 5.97 Å². The summed E-state index contributed by atoms with van der Waals surface area (Å²) in [7, 11) is 0. The summed E-state index contributed by atoms with van der Waals surface area (Å²) in [4.78, 5) is 12.8. The summed E-state index contributed by atoms with van der Waals surface area (Å²) < 4.78 is 5.92. The van der Waals surface area contributed by atoms with Crippen LogP contribution in [0.25, 0.3) is 0 Å². The van der Waals surface area contributed by atoms with Crippen LogP contribution in [0.1, 0.15) is 202 Å². The molecule has 3 unspecified atom stereocenters. The molecule has 0 aromatic heterocycles. The van der Waals surface area contributed by atoms with Gasteiger partial charge in [0.05, 0.1) is 11.7 Å². The fourth-order valence-corrected chi connectivity index (χ4v) is 9.70. The van der Waals surface area contributed by atoms with Crippen LogP contribution in [0.15, 0.2) is 35.5 Å². The average molecular weight is 683 g/mol. The van der Waals surface area contributed by atoms with Gasteiger partial charge >= 0.3 is 5.97 Å². The molecule has 0 amide bonds. The topological polar surface area (TPSA) is 66.8 Å². The van der Waals surface area contributed by atoms with Crippen LogP contribution in [0, 0.1) is 23.2 Å². The molecule has 49 heavy (non-hydrogen) atoms. The van der Waals surface area contributed by atoms with E-state index < -0.39 is 17.8 Å². The van der Waals surface area contributed by atoms with E-state index in [4.69, 9.17) is 4.74 Å². The molecule has 4 nitrogen and oxygen atoms in total. The van der Waals surface area contributed by atoms with Gasteiger partial charge in [-0.05, 0) is 99.5 Å². The Morgan fingerprint density at radius 2 is 1.53 bits per heavy atom. The van der Waals surface area contributed by atoms with E-state index in [-0.39, 0.29) is 5.97 Å². The van der Waals surface area contributed by atoms with Gasteiger partial charge in [-0.1, -0.05) is 148 Å². The Kier molecular flexibility index (Phi) is 18.7. The molecule has 0 heterocycles. The molecule has 0 aromatic carbocycles. The van der Waals surface area contributed by atoms with Crippen LogP contribution in [-0.4, -0.2) is 34.0 Å². The lowest BCUT2D eigenvalue weighted by Crippen LogP contribution is -2.36. The minimum absolute atomic E-state index is 0.149. The zero-order valence-electron chi connectivity index (χ0n) is 32.8. The van der Waals surface area contributed by atoms with Crippen molar-refractivity contribution in [3.8, 4) is 0 Å². The largest absolute Gasteiger partial charge is 0.457 e. The molecule has 0 bridgehead atoms. The molecule has 3 fully saturated rings. The highest BCUT2D eigenvalue weighted by Gasteiger charge is 2.50. The number of hydrogen-bond donors (Lipinski definition) is 2. The van der Waals surface area contributed by atoms with E-state index in [0.717, 1.165) is 49.2 Å². The second kappa shape index (κ2) is 21.9. The predicted octanol–water partition coefficient (Wildman–Crippen LogP) is 12.5. The first-order valence-electron chi connectivity index (χ1n) is 21.1. The van der Waals surface area contributed by atoms with Crippen LogP contribution in [0.4, 0.5) is 0 Å². The summed E-state index contributed by atoms with van der Waals surface area (Å²) in [5, 5.41) is 20.9. The van der Waals surface area contributed by atoms with Crippen LogP contribution in [0.5, 0.6) is 0 Å². The van der Waals surface area contributed by atoms with Crippen molar-refractivity contribution < 1.29 is 19.7 Å². The molecule has 2 N–H and O–H groups in total. The SMILES string of the molecule is C=C1/C(=C\C=C2/CCCC3(C)C2CCC3[C@@H](C)CCCC(C)(C)O)C[C@@H](O)C[C@@H]1OC(=O)CCCCCCCCCCCCCCCCC. The Bertz CT molecular complexity index is 1030. The Morgan fingerprint density at radius 1 is 0.939 bits per heavy atom. The number of aliphatic hydroxyl groups is 2. The molecule has 282 valence electrons. The van der Waals surface area contributed by atoms with E-state index in [1.807, 2.05) is 13.8 Å². The molecule has 3 rings (SSSR count). The Hall–Kier alpha value is -1.39. The number of rotatable bonds is 23. The van der Waals surface area contributed by atoms with Gasteiger partial charge in [-0.25, -0.2) is 0 Å². The molecule has 0 radical (unpaired) electrons. The number of aliphatic hydroxyl groups excluding tert-OH is 1. The van der Waals surface area contributed by atoms with Crippen molar-refractivity contribution in [1.29, 1.82) is 0 Å². The summed E-state index contributed by atoms with van der Waals surface area (Å²) >= 11 is 0. The summed E-state index contributed by atoms with van der Waals surface area (Å²) in [6.07, 6.45) is 34.1. The fraction of sp³-hybridized carbons (Fsp3) is 0.844. The number of hydrogen-bond acceptors (Lipinski definition) is 4. The number of unbranched alkanes of at least 4 members (excludes halogenated alkanes) is 14. The van der Waals surface area contributed by atoms with Crippen molar-refractivity contribution in [3.63, 3.8) is 0 Å². The summed E-state index contributed by atoms with van der Waals surface area (Å²) in [5.41, 5.74) is 3.23. The van der Waals surface area contributed by atoms with Gasteiger partial charge in [0.15, 0.2) is 0 Å². The van der Waals surface area contributed by atoms with Gasteiger partial charge in [0, 0.05) is 12.8 Å². The number of carbonyl (C=O) groups is 1. The molecule has 0 saturated heterocycles. The molecule has 0 aromatic rings. The highest BCUT2D eigenvalue weighted by atomic mass is 16.5. The molecule has 0 aliphatic heterocycles. The monoisotopic (exact) mass is 683 g/mol. The predicted molar refractivity (Wildman–Crippen MR) is 207 cm³/mol. The van der Waals surface area contributed by atoms with E-state index in [2.05, 4.69) is 39.5 Å². The number of ether oxygens (including phenoxy) is 1. The zero-order chi connectivity index (χ0) is 35.7.